The van der Waals surface area contributed by atoms with Gasteiger partial charge in [-0.2, -0.15) is 0 Å². The van der Waals surface area contributed by atoms with E-state index in [1.165, 1.54) is 32.1 Å². The number of aromatic hydroxyl groups is 1. The first-order valence-corrected chi connectivity index (χ1v) is 7.44. The van der Waals surface area contributed by atoms with Gasteiger partial charge in [-0.05, 0) is 36.3 Å². The molecule has 1 heteroatoms. The minimum atomic E-state index is 0.456. The van der Waals surface area contributed by atoms with Gasteiger partial charge in [0.1, 0.15) is 5.75 Å². The normalized spacial score (nSPS) is 14.4. The molecule has 1 rings (SSSR count). The molecule has 0 amide bonds. The average molecular weight is 248 g/mol. The second kappa shape index (κ2) is 8.18. The van der Waals surface area contributed by atoms with E-state index >= 15 is 0 Å². The third-order valence-corrected chi connectivity index (χ3v) is 3.86. The van der Waals surface area contributed by atoms with E-state index in [1.807, 2.05) is 12.1 Å². The Labute approximate surface area is 112 Å². The molecule has 0 heterocycles. The zero-order valence-electron chi connectivity index (χ0n) is 12.2. The summed E-state index contributed by atoms with van der Waals surface area (Å²) in [7, 11) is 0. The molecule has 1 N–H and O–H groups in total. The summed E-state index contributed by atoms with van der Waals surface area (Å²) < 4.78 is 0. The standard InChI is InChI=1S/C17H28O/c1-4-6-9-14(3)12-15(5-2)13-16-10-7-8-11-17(16)18/h7-8,10-11,14-15,18H,4-6,9,12-13H2,1-3H3. The van der Waals surface area contributed by atoms with Gasteiger partial charge in [0.15, 0.2) is 0 Å². The molecule has 0 bridgehead atoms. The summed E-state index contributed by atoms with van der Waals surface area (Å²) in [6.07, 6.45) is 7.47. The van der Waals surface area contributed by atoms with Crippen molar-refractivity contribution in [1.82, 2.24) is 0 Å². The van der Waals surface area contributed by atoms with Crippen molar-refractivity contribution >= 4 is 0 Å². The smallest absolute Gasteiger partial charge is 0.118 e. The van der Waals surface area contributed by atoms with Gasteiger partial charge in [0.25, 0.3) is 0 Å². The topological polar surface area (TPSA) is 20.2 Å². The summed E-state index contributed by atoms with van der Waals surface area (Å²) in [6, 6.07) is 7.75. The van der Waals surface area contributed by atoms with E-state index in [9.17, 15) is 5.11 Å². The highest BCUT2D eigenvalue weighted by atomic mass is 16.3. The van der Waals surface area contributed by atoms with Crippen LogP contribution in [-0.2, 0) is 6.42 Å². The molecule has 0 radical (unpaired) electrons. The van der Waals surface area contributed by atoms with Crippen molar-refractivity contribution in [1.29, 1.82) is 0 Å². The van der Waals surface area contributed by atoms with Crippen molar-refractivity contribution in [3.63, 3.8) is 0 Å². The van der Waals surface area contributed by atoms with E-state index in [0.29, 0.717) is 11.7 Å². The van der Waals surface area contributed by atoms with E-state index < -0.39 is 0 Å². The molecular formula is C17H28O. The number of rotatable bonds is 8. The second-order valence-electron chi connectivity index (χ2n) is 5.59. The quantitative estimate of drug-likeness (QED) is 0.672. The van der Waals surface area contributed by atoms with Crippen LogP contribution in [0.15, 0.2) is 24.3 Å². The summed E-state index contributed by atoms with van der Waals surface area (Å²) in [6.45, 7) is 6.88. The lowest BCUT2D eigenvalue weighted by molar-refractivity contribution is 0.352. The van der Waals surface area contributed by atoms with Crippen LogP contribution in [0.4, 0.5) is 0 Å². The molecule has 1 aromatic carbocycles. The summed E-state index contributed by atoms with van der Waals surface area (Å²) in [5.74, 6) is 1.96. The van der Waals surface area contributed by atoms with Gasteiger partial charge < -0.3 is 5.11 Å². The van der Waals surface area contributed by atoms with Crippen LogP contribution in [0.25, 0.3) is 0 Å². The molecule has 0 fully saturated rings. The van der Waals surface area contributed by atoms with Crippen LogP contribution in [0, 0.1) is 11.8 Å². The SMILES string of the molecule is CCCCC(C)CC(CC)Cc1ccccc1O. The lowest BCUT2D eigenvalue weighted by Gasteiger charge is -2.20. The highest BCUT2D eigenvalue weighted by molar-refractivity contribution is 5.32. The molecule has 0 aliphatic heterocycles. The van der Waals surface area contributed by atoms with E-state index in [1.54, 1.807) is 6.07 Å². The number of unbranched alkanes of at least 4 members (excludes halogenated alkanes) is 1. The average Bonchev–Trinajstić information content (AvgIpc) is 2.38. The number of para-hydroxylation sites is 1. The second-order valence-corrected chi connectivity index (χ2v) is 5.59. The molecule has 0 aromatic heterocycles. The third kappa shape index (κ3) is 5.12. The largest absolute Gasteiger partial charge is 0.508 e. The first kappa shape index (κ1) is 15.1. The van der Waals surface area contributed by atoms with Gasteiger partial charge in [0.2, 0.25) is 0 Å². The predicted octanol–water partition coefficient (Wildman–Crippen LogP) is 5.18. The number of phenols is 1. The lowest BCUT2D eigenvalue weighted by Crippen LogP contribution is -2.09. The highest BCUT2D eigenvalue weighted by Gasteiger charge is 2.13. The van der Waals surface area contributed by atoms with Gasteiger partial charge in [-0.1, -0.05) is 64.7 Å². The van der Waals surface area contributed by atoms with Crippen molar-refractivity contribution in [2.75, 3.05) is 0 Å². The maximum absolute atomic E-state index is 9.83. The van der Waals surface area contributed by atoms with Crippen molar-refractivity contribution < 1.29 is 5.11 Å². The van der Waals surface area contributed by atoms with Crippen molar-refractivity contribution in [2.45, 2.75) is 59.3 Å². The van der Waals surface area contributed by atoms with Crippen LogP contribution in [0.5, 0.6) is 5.75 Å². The molecular weight excluding hydrogens is 220 g/mol. The van der Waals surface area contributed by atoms with Crippen molar-refractivity contribution in [2.24, 2.45) is 11.8 Å². The Morgan fingerprint density at radius 1 is 1.17 bits per heavy atom. The Kier molecular flexibility index (Phi) is 6.85. The molecule has 1 aromatic rings. The molecule has 0 aliphatic rings. The molecule has 1 nitrogen and oxygen atoms in total. The summed E-state index contributed by atoms with van der Waals surface area (Å²) in [5, 5.41) is 9.83. The minimum Gasteiger partial charge on any atom is -0.508 e. The van der Waals surface area contributed by atoms with E-state index in [-0.39, 0.29) is 0 Å². The van der Waals surface area contributed by atoms with Crippen LogP contribution >= 0.6 is 0 Å². The Morgan fingerprint density at radius 3 is 2.50 bits per heavy atom. The molecule has 2 atom stereocenters. The van der Waals surface area contributed by atoms with Crippen molar-refractivity contribution in [3.05, 3.63) is 29.8 Å². The monoisotopic (exact) mass is 248 g/mol. The van der Waals surface area contributed by atoms with E-state index in [0.717, 1.165) is 17.9 Å². The molecule has 0 saturated carbocycles. The van der Waals surface area contributed by atoms with Gasteiger partial charge in [-0.3, -0.25) is 0 Å². The van der Waals surface area contributed by atoms with Crippen molar-refractivity contribution in [3.8, 4) is 5.75 Å². The number of hydrogen-bond acceptors (Lipinski definition) is 1. The zero-order valence-corrected chi connectivity index (χ0v) is 12.2. The third-order valence-electron chi connectivity index (χ3n) is 3.86. The lowest BCUT2D eigenvalue weighted by atomic mass is 9.86. The van der Waals surface area contributed by atoms with Gasteiger partial charge in [-0.25, -0.2) is 0 Å². The van der Waals surface area contributed by atoms with Gasteiger partial charge in [0.05, 0.1) is 0 Å². The fourth-order valence-electron chi connectivity index (χ4n) is 2.63. The molecule has 0 aliphatic carbocycles. The maximum Gasteiger partial charge on any atom is 0.118 e. The maximum atomic E-state index is 9.83. The Balaban J connectivity index is 2.49. The Hall–Kier alpha value is -0.980. The fourth-order valence-corrected chi connectivity index (χ4v) is 2.63. The van der Waals surface area contributed by atoms with Gasteiger partial charge in [0, 0.05) is 0 Å². The molecule has 0 saturated heterocycles. The van der Waals surface area contributed by atoms with Crippen LogP contribution in [0.3, 0.4) is 0 Å². The van der Waals surface area contributed by atoms with Crippen LogP contribution < -0.4 is 0 Å². The van der Waals surface area contributed by atoms with E-state index in [2.05, 4.69) is 26.8 Å². The zero-order chi connectivity index (χ0) is 13.4. The predicted molar refractivity (Wildman–Crippen MR) is 78.9 cm³/mol. The van der Waals surface area contributed by atoms with Crippen LogP contribution in [0.2, 0.25) is 0 Å². The molecule has 102 valence electrons. The minimum absolute atomic E-state index is 0.456. The Morgan fingerprint density at radius 2 is 1.89 bits per heavy atom. The van der Waals surface area contributed by atoms with Crippen LogP contribution in [0.1, 0.15) is 58.4 Å². The number of phenolic OH excluding ortho intramolecular Hbond substituents is 1. The highest BCUT2D eigenvalue weighted by Crippen LogP contribution is 2.26. The summed E-state index contributed by atoms with van der Waals surface area (Å²) >= 11 is 0. The van der Waals surface area contributed by atoms with E-state index in [4.69, 9.17) is 0 Å². The first-order valence-electron chi connectivity index (χ1n) is 7.44. The first-order chi connectivity index (χ1) is 8.67. The number of benzene rings is 1. The molecule has 0 spiro atoms. The van der Waals surface area contributed by atoms with Gasteiger partial charge >= 0.3 is 0 Å². The summed E-state index contributed by atoms with van der Waals surface area (Å²) in [5.41, 5.74) is 1.10. The molecule has 18 heavy (non-hydrogen) atoms. The van der Waals surface area contributed by atoms with Gasteiger partial charge in [-0.15, -0.1) is 0 Å². The van der Waals surface area contributed by atoms with Crippen LogP contribution in [-0.4, -0.2) is 5.11 Å². The summed E-state index contributed by atoms with van der Waals surface area (Å²) in [4.78, 5) is 0. The number of hydrogen-bond donors (Lipinski definition) is 1. The fraction of sp³-hybridized carbons (Fsp3) is 0.647. The molecule has 2 unspecified atom stereocenters. The Bertz CT molecular complexity index is 332.